The zero-order valence-electron chi connectivity index (χ0n) is 11.2. The van der Waals surface area contributed by atoms with Gasteiger partial charge in [-0.05, 0) is 32.8 Å². The van der Waals surface area contributed by atoms with Gasteiger partial charge in [0, 0.05) is 12.8 Å². The molecule has 0 bridgehead atoms. The van der Waals surface area contributed by atoms with Crippen LogP contribution in [-0.4, -0.2) is 12.1 Å². The monoisotopic (exact) mass is 224 g/mol. The number of esters is 1. The van der Waals surface area contributed by atoms with E-state index in [1.165, 1.54) is 11.1 Å². The Kier molecular flexibility index (Phi) is 7.61. The molecular formula is C14H24O2. The van der Waals surface area contributed by atoms with Gasteiger partial charge < -0.3 is 4.74 Å². The summed E-state index contributed by atoms with van der Waals surface area (Å²) in [6.45, 7) is 10.0. The van der Waals surface area contributed by atoms with Crippen molar-refractivity contribution >= 4 is 5.97 Å². The third-order valence-electron chi connectivity index (χ3n) is 2.33. The maximum Gasteiger partial charge on any atom is 0.305 e. The van der Waals surface area contributed by atoms with Gasteiger partial charge in [0.05, 0.1) is 0 Å². The van der Waals surface area contributed by atoms with E-state index in [1.807, 2.05) is 13.8 Å². The molecule has 92 valence electrons. The summed E-state index contributed by atoms with van der Waals surface area (Å²) in [5.41, 5.74) is 2.54. The van der Waals surface area contributed by atoms with Crippen LogP contribution >= 0.6 is 0 Å². The van der Waals surface area contributed by atoms with Crippen LogP contribution in [-0.2, 0) is 9.53 Å². The average Bonchev–Trinajstić information content (AvgIpc) is 2.23. The van der Waals surface area contributed by atoms with Gasteiger partial charge in [-0.3, -0.25) is 4.79 Å². The predicted molar refractivity (Wildman–Crippen MR) is 68.3 cm³/mol. The van der Waals surface area contributed by atoms with E-state index in [2.05, 4.69) is 32.9 Å². The van der Waals surface area contributed by atoms with E-state index in [1.54, 1.807) is 0 Å². The van der Waals surface area contributed by atoms with E-state index in [-0.39, 0.29) is 12.1 Å². The summed E-state index contributed by atoms with van der Waals surface area (Å²) in [6, 6.07) is 0. The quantitative estimate of drug-likeness (QED) is 0.503. The highest BCUT2D eigenvalue weighted by molar-refractivity contribution is 5.69. The molecule has 0 aliphatic rings. The Labute approximate surface area is 99.4 Å². The van der Waals surface area contributed by atoms with Crippen molar-refractivity contribution in [3.63, 3.8) is 0 Å². The Morgan fingerprint density at radius 2 is 1.94 bits per heavy atom. The van der Waals surface area contributed by atoms with E-state index < -0.39 is 0 Å². The number of ether oxygens (including phenoxy) is 1. The van der Waals surface area contributed by atoms with Crippen molar-refractivity contribution in [3.05, 3.63) is 23.3 Å². The Morgan fingerprint density at radius 1 is 1.31 bits per heavy atom. The number of carbonyl (C=O) groups is 1. The van der Waals surface area contributed by atoms with Gasteiger partial charge in [-0.15, -0.1) is 0 Å². The van der Waals surface area contributed by atoms with Gasteiger partial charge in [0.25, 0.3) is 0 Å². The summed E-state index contributed by atoms with van der Waals surface area (Å²) >= 11 is 0. The summed E-state index contributed by atoms with van der Waals surface area (Å²) in [5, 5.41) is 0. The molecule has 0 aromatic heterocycles. The molecule has 0 aromatic carbocycles. The lowest BCUT2D eigenvalue weighted by molar-refractivity contribution is -0.147. The van der Waals surface area contributed by atoms with Crippen LogP contribution in [0.25, 0.3) is 0 Å². The Bertz CT molecular complexity index is 270. The minimum atomic E-state index is -0.125. The van der Waals surface area contributed by atoms with Crippen molar-refractivity contribution in [2.45, 2.75) is 60.0 Å². The fraction of sp³-hybridized carbons (Fsp3) is 0.643. The normalized spacial score (nSPS) is 12.6. The molecule has 1 atom stereocenters. The van der Waals surface area contributed by atoms with Crippen molar-refractivity contribution in [2.24, 2.45) is 0 Å². The van der Waals surface area contributed by atoms with E-state index in [4.69, 9.17) is 4.74 Å². The van der Waals surface area contributed by atoms with Crippen molar-refractivity contribution in [1.82, 2.24) is 0 Å². The zero-order chi connectivity index (χ0) is 12.6. The van der Waals surface area contributed by atoms with Gasteiger partial charge in [-0.25, -0.2) is 0 Å². The van der Waals surface area contributed by atoms with Gasteiger partial charge in [0.1, 0.15) is 6.10 Å². The van der Waals surface area contributed by atoms with E-state index in [9.17, 15) is 4.79 Å². The second kappa shape index (κ2) is 8.14. The Balaban J connectivity index is 4.37. The van der Waals surface area contributed by atoms with Gasteiger partial charge in [0.2, 0.25) is 0 Å². The molecule has 2 nitrogen and oxygen atoms in total. The smallest absolute Gasteiger partial charge is 0.305 e. The second-order valence-corrected chi connectivity index (χ2v) is 4.19. The molecule has 0 aromatic rings. The third-order valence-corrected chi connectivity index (χ3v) is 2.33. The van der Waals surface area contributed by atoms with Crippen LogP contribution in [0.4, 0.5) is 0 Å². The second-order valence-electron chi connectivity index (χ2n) is 4.19. The SMILES string of the molecule is CC/C=C\C(CC(C)OC(=O)CC)=C(C)C. The maximum atomic E-state index is 11.1. The molecule has 0 fully saturated rings. The van der Waals surface area contributed by atoms with Crippen LogP contribution in [0.3, 0.4) is 0 Å². The van der Waals surface area contributed by atoms with E-state index in [0.29, 0.717) is 6.42 Å². The molecular weight excluding hydrogens is 200 g/mol. The molecule has 0 radical (unpaired) electrons. The topological polar surface area (TPSA) is 26.3 Å². The highest BCUT2D eigenvalue weighted by Crippen LogP contribution is 2.15. The molecule has 0 heterocycles. The summed E-state index contributed by atoms with van der Waals surface area (Å²) in [5.74, 6) is -0.125. The largest absolute Gasteiger partial charge is 0.462 e. The van der Waals surface area contributed by atoms with Crippen LogP contribution in [0.1, 0.15) is 53.9 Å². The molecule has 0 saturated heterocycles. The van der Waals surface area contributed by atoms with Gasteiger partial charge in [0.15, 0.2) is 0 Å². The van der Waals surface area contributed by atoms with Gasteiger partial charge >= 0.3 is 5.97 Å². The van der Waals surface area contributed by atoms with Crippen LogP contribution in [0, 0.1) is 0 Å². The summed E-state index contributed by atoms with van der Waals surface area (Å²) in [6.07, 6.45) is 6.49. The van der Waals surface area contributed by atoms with Gasteiger partial charge in [-0.1, -0.05) is 31.6 Å². The van der Waals surface area contributed by atoms with Crippen LogP contribution in [0.15, 0.2) is 23.3 Å². The number of rotatable bonds is 6. The molecule has 2 heteroatoms. The first-order chi connectivity index (χ1) is 7.51. The van der Waals surface area contributed by atoms with E-state index in [0.717, 1.165) is 12.8 Å². The zero-order valence-corrected chi connectivity index (χ0v) is 11.2. The lowest BCUT2D eigenvalue weighted by Crippen LogP contribution is -2.14. The number of hydrogen-bond acceptors (Lipinski definition) is 2. The van der Waals surface area contributed by atoms with Crippen molar-refractivity contribution in [1.29, 1.82) is 0 Å². The molecule has 0 aliphatic heterocycles. The Hall–Kier alpha value is -1.05. The van der Waals surface area contributed by atoms with Crippen LogP contribution in [0.5, 0.6) is 0 Å². The first kappa shape index (κ1) is 14.9. The first-order valence-corrected chi connectivity index (χ1v) is 6.03. The molecule has 0 amide bonds. The molecule has 1 unspecified atom stereocenters. The molecule has 0 saturated carbocycles. The fourth-order valence-electron chi connectivity index (χ4n) is 1.36. The Morgan fingerprint density at radius 3 is 2.38 bits per heavy atom. The average molecular weight is 224 g/mol. The minimum Gasteiger partial charge on any atom is -0.462 e. The van der Waals surface area contributed by atoms with Crippen molar-refractivity contribution in [3.8, 4) is 0 Å². The highest BCUT2D eigenvalue weighted by Gasteiger charge is 2.09. The molecule has 0 N–H and O–H groups in total. The van der Waals surface area contributed by atoms with Crippen molar-refractivity contribution in [2.75, 3.05) is 0 Å². The fourth-order valence-corrected chi connectivity index (χ4v) is 1.36. The standard InChI is InChI=1S/C14H24O2/c1-6-8-9-13(11(3)4)10-12(5)16-14(15)7-2/h8-9,12H,6-7,10H2,1-5H3/b9-8-. The number of allylic oxidation sites excluding steroid dienone is 3. The summed E-state index contributed by atoms with van der Waals surface area (Å²) in [4.78, 5) is 11.1. The number of carbonyl (C=O) groups excluding carboxylic acids is 1. The summed E-state index contributed by atoms with van der Waals surface area (Å²) in [7, 11) is 0. The number of hydrogen-bond donors (Lipinski definition) is 0. The van der Waals surface area contributed by atoms with Crippen LogP contribution < -0.4 is 0 Å². The molecule has 0 aliphatic carbocycles. The lowest BCUT2D eigenvalue weighted by Gasteiger charge is -2.14. The summed E-state index contributed by atoms with van der Waals surface area (Å²) < 4.78 is 5.25. The predicted octanol–water partition coefficient (Wildman–Crippen LogP) is 4.02. The van der Waals surface area contributed by atoms with E-state index >= 15 is 0 Å². The third kappa shape index (κ3) is 6.44. The van der Waals surface area contributed by atoms with Gasteiger partial charge in [-0.2, -0.15) is 0 Å². The minimum absolute atomic E-state index is 0.0427. The van der Waals surface area contributed by atoms with Crippen LogP contribution in [0.2, 0.25) is 0 Å². The highest BCUT2D eigenvalue weighted by atomic mass is 16.5. The molecule has 0 spiro atoms. The molecule has 0 rings (SSSR count). The molecule has 16 heavy (non-hydrogen) atoms. The van der Waals surface area contributed by atoms with Crippen molar-refractivity contribution < 1.29 is 9.53 Å². The first-order valence-electron chi connectivity index (χ1n) is 6.03. The maximum absolute atomic E-state index is 11.1. The lowest BCUT2D eigenvalue weighted by atomic mass is 10.0.